The Morgan fingerprint density at radius 1 is 1.22 bits per heavy atom. The fraction of sp³-hybridized carbons (Fsp3) is 0.389. The van der Waals surface area contributed by atoms with Gasteiger partial charge in [-0.15, -0.1) is 0 Å². The summed E-state index contributed by atoms with van der Waals surface area (Å²) in [4.78, 5) is 14.2. The van der Waals surface area contributed by atoms with Gasteiger partial charge in [-0.05, 0) is 51.1 Å². The molecule has 1 aromatic carbocycles. The summed E-state index contributed by atoms with van der Waals surface area (Å²) >= 11 is 0. The molecule has 0 bridgehead atoms. The van der Waals surface area contributed by atoms with Gasteiger partial charge in [-0.1, -0.05) is 12.1 Å². The summed E-state index contributed by atoms with van der Waals surface area (Å²) in [6, 6.07) is 7.14. The summed E-state index contributed by atoms with van der Waals surface area (Å²) in [7, 11) is 0. The van der Waals surface area contributed by atoms with Crippen LogP contribution in [0.5, 0.6) is 5.75 Å². The third-order valence-electron chi connectivity index (χ3n) is 4.83. The molecule has 2 N–H and O–H groups in total. The minimum absolute atomic E-state index is 0.244. The number of rotatable bonds is 2. The van der Waals surface area contributed by atoms with Crippen LogP contribution in [0.1, 0.15) is 25.3 Å². The maximum Gasteiger partial charge on any atom is 0.151 e. The Morgan fingerprint density at radius 3 is 2.83 bits per heavy atom. The zero-order valence-corrected chi connectivity index (χ0v) is 13.2. The molecular formula is C18H20N4O. The number of nitrogens with zero attached hydrogens (tertiary/aromatic N) is 3. The SMILES string of the molecule is CC1(C2CCNCC2)N=CC2=NC(c3cccc(O)c3)=CC2=N1. The number of nitrogens with one attached hydrogen (secondary N) is 1. The monoisotopic (exact) mass is 308 g/mol. The summed E-state index contributed by atoms with van der Waals surface area (Å²) in [5.74, 6) is 0.709. The van der Waals surface area contributed by atoms with Crippen molar-refractivity contribution in [3.8, 4) is 5.75 Å². The van der Waals surface area contributed by atoms with Gasteiger partial charge in [0.15, 0.2) is 5.66 Å². The molecule has 0 aliphatic carbocycles. The summed E-state index contributed by atoms with van der Waals surface area (Å²) in [6.45, 7) is 4.18. The van der Waals surface area contributed by atoms with E-state index in [4.69, 9.17) is 9.98 Å². The van der Waals surface area contributed by atoms with Crippen LogP contribution in [-0.2, 0) is 0 Å². The van der Waals surface area contributed by atoms with Crippen LogP contribution in [0.4, 0.5) is 0 Å². The number of aliphatic imine (C=N–C) groups is 3. The Bertz CT molecular complexity index is 756. The van der Waals surface area contributed by atoms with Crippen LogP contribution in [0.3, 0.4) is 0 Å². The van der Waals surface area contributed by atoms with Crippen molar-refractivity contribution in [2.24, 2.45) is 20.9 Å². The molecule has 0 saturated carbocycles. The van der Waals surface area contributed by atoms with Gasteiger partial charge in [0.2, 0.25) is 0 Å². The van der Waals surface area contributed by atoms with Crippen LogP contribution in [0.25, 0.3) is 5.70 Å². The molecule has 1 atom stereocenters. The molecule has 1 aromatic rings. The zero-order chi connectivity index (χ0) is 15.9. The molecule has 1 unspecified atom stereocenters. The quantitative estimate of drug-likeness (QED) is 0.881. The standard InChI is InChI=1S/C18H20N4O/c1-18(13-5-7-19-8-6-13)20-11-17-16(22-18)10-15(21-17)12-3-2-4-14(23)9-12/h2-4,9-11,13,19,23H,5-8H2,1H3. The van der Waals surface area contributed by atoms with Crippen LogP contribution in [0.2, 0.25) is 0 Å². The van der Waals surface area contributed by atoms with E-state index in [9.17, 15) is 5.11 Å². The average molecular weight is 308 g/mol. The highest BCUT2D eigenvalue weighted by Gasteiger charge is 2.37. The number of hydrogen-bond donors (Lipinski definition) is 2. The Morgan fingerprint density at radius 2 is 2.04 bits per heavy atom. The number of aromatic hydroxyl groups is 1. The van der Waals surface area contributed by atoms with E-state index in [1.54, 1.807) is 12.1 Å². The minimum Gasteiger partial charge on any atom is -0.508 e. The van der Waals surface area contributed by atoms with Gasteiger partial charge < -0.3 is 10.4 Å². The van der Waals surface area contributed by atoms with Crippen LogP contribution in [0, 0.1) is 5.92 Å². The average Bonchev–Trinajstić information content (AvgIpc) is 2.98. The predicted molar refractivity (Wildman–Crippen MR) is 93.4 cm³/mol. The molecule has 3 aliphatic rings. The smallest absolute Gasteiger partial charge is 0.151 e. The normalized spacial score (nSPS) is 27.3. The Kier molecular flexibility index (Phi) is 3.38. The Balaban J connectivity index is 1.66. The lowest BCUT2D eigenvalue weighted by Gasteiger charge is -2.35. The molecule has 5 nitrogen and oxygen atoms in total. The molecule has 1 fully saturated rings. The number of benzene rings is 1. The fourth-order valence-electron chi connectivity index (χ4n) is 3.45. The van der Waals surface area contributed by atoms with Crippen molar-refractivity contribution >= 4 is 23.3 Å². The van der Waals surface area contributed by atoms with Crippen molar-refractivity contribution < 1.29 is 5.11 Å². The van der Waals surface area contributed by atoms with Gasteiger partial charge in [0.25, 0.3) is 0 Å². The largest absolute Gasteiger partial charge is 0.508 e. The maximum atomic E-state index is 9.65. The van der Waals surface area contributed by atoms with Gasteiger partial charge in [-0.2, -0.15) is 0 Å². The van der Waals surface area contributed by atoms with E-state index in [-0.39, 0.29) is 11.4 Å². The van der Waals surface area contributed by atoms with Gasteiger partial charge in [0.1, 0.15) is 11.5 Å². The number of hydrogen-bond acceptors (Lipinski definition) is 5. The summed E-state index contributed by atoms with van der Waals surface area (Å²) < 4.78 is 0. The highest BCUT2D eigenvalue weighted by Crippen LogP contribution is 2.34. The lowest BCUT2D eigenvalue weighted by Crippen LogP contribution is -2.42. The van der Waals surface area contributed by atoms with E-state index in [0.717, 1.165) is 48.6 Å². The summed E-state index contributed by atoms with van der Waals surface area (Å²) in [6.07, 6.45) is 6.05. The molecule has 4 rings (SSSR count). The molecule has 0 aromatic heterocycles. The molecular weight excluding hydrogens is 288 g/mol. The van der Waals surface area contributed by atoms with E-state index in [2.05, 4.69) is 17.2 Å². The van der Waals surface area contributed by atoms with Gasteiger partial charge >= 0.3 is 0 Å². The van der Waals surface area contributed by atoms with Crippen molar-refractivity contribution in [3.05, 3.63) is 35.9 Å². The Hall–Kier alpha value is -2.27. The van der Waals surface area contributed by atoms with Crippen molar-refractivity contribution in [1.82, 2.24) is 5.32 Å². The molecule has 118 valence electrons. The van der Waals surface area contributed by atoms with Gasteiger partial charge in [0.05, 0.1) is 17.6 Å². The van der Waals surface area contributed by atoms with Crippen LogP contribution < -0.4 is 5.32 Å². The van der Waals surface area contributed by atoms with Crippen molar-refractivity contribution in [3.63, 3.8) is 0 Å². The highest BCUT2D eigenvalue weighted by atomic mass is 16.3. The van der Waals surface area contributed by atoms with Crippen molar-refractivity contribution in [1.29, 1.82) is 0 Å². The number of phenolic OH excluding ortho intramolecular Hbond substituents is 1. The molecule has 3 aliphatic heterocycles. The first-order chi connectivity index (χ1) is 11.1. The highest BCUT2D eigenvalue weighted by molar-refractivity contribution is 6.68. The van der Waals surface area contributed by atoms with E-state index in [1.807, 2.05) is 24.4 Å². The lowest BCUT2D eigenvalue weighted by molar-refractivity contribution is 0.244. The summed E-state index contributed by atoms with van der Waals surface area (Å²) in [5, 5.41) is 13.0. The lowest BCUT2D eigenvalue weighted by atomic mass is 9.85. The molecule has 0 spiro atoms. The van der Waals surface area contributed by atoms with Gasteiger partial charge in [0, 0.05) is 11.5 Å². The third kappa shape index (κ3) is 2.61. The Labute approximate surface area is 135 Å². The molecule has 0 amide bonds. The second-order valence-electron chi connectivity index (χ2n) is 6.45. The van der Waals surface area contributed by atoms with E-state index >= 15 is 0 Å². The zero-order valence-electron chi connectivity index (χ0n) is 13.2. The number of piperidine rings is 1. The fourth-order valence-corrected chi connectivity index (χ4v) is 3.45. The molecule has 1 saturated heterocycles. The van der Waals surface area contributed by atoms with E-state index < -0.39 is 0 Å². The topological polar surface area (TPSA) is 69.3 Å². The molecule has 23 heavy (non-hydrogen) atoms. The third-order valence-corrected chi connectivity index (χ3v) is 4.83. The van der Waals surface area contributed by atoms with Crippen molar-refractivity contribution in [2.45, 2.75) is 25.4 Å². The second kappa shape index (κ2) is 5.42. The van der Waals surface area contributed by atoms with Crippen LogP contribution in [-0.4, -0.2) is 41.5 Å². The molecule has 3 heterocycles. The first kappa shape index (κ1) is 14.3. The van der Waals surface area contributed by atoms with Gasteiger partial charge in [-0.3, -0.25) is 9.98 Å². The number of allylic oxidation sites excluding steroid dienone is 1. The van der Waals surface area contributed by atoms with E-state index in [1.165, 1.54) is 0 Å². The van der Waals surface area contributed by atoms with Gasteiger partial charge in [-0.25, -0.2) is 4.99 Å². The summed E-state index contributed by atoms with van der Waals surface area (Å²) in [5.41, 5.74) is 3.05. The number of phenols is 1. The predicted octanol–water partition coefficient (Wildman–Crippen LogP) is 2.43. The molecule has 0 radical (unpaired) electrons. The van der Waals surface area contributed by atoms with Crippen LogP contribution >= 0.6 is 0 Å². The minimum atomic E-state index is -0.388. The van der Waals surface area contributed by atoms with Crippen molar-refractivity contribution in [2.75, 3.05) is 13.1 Å². The number of fused-ring (bicyclic) bond motifs is 1. The first-order valence-electron chi connectivity index (χ1n) is 8.10. The van der Waals surface area contributed by atoms with E-state index in [0.29, 0.717) is 5.92 Å². The second-order valence-corrected chi connectivity index (χ2v) is 6.45. The first-order valence-corrected chi connectivity index (χ1v) is 8.10. The van der Waals surface area contributed by atoms with Crippen LogP contribution in [0.15, 0.2) is 45.3 Å². The maximum absolute atomic E-state index is 9.65. The molecule has 5 heteroatoms.